The van der Waals surface area contributed by atoms with E-state index in [1.807, 2.05) is 0 Å². The van der Waals surface area contributed by atoms with E-state index < -0.39 is 28.2 Å². The van der Waals surface area contributed by atoms with Crippen molar-refractivity contribution in [2.24, 2.45) is 0 Å². The third kappa shape index (κ3) is 3.49. The van der Waals surface area contributed by atoms with Gasteiger partial charge in [0.05, 0.1) is 18.0 Å². The first-order valence-electron chi connectivity index (χ1n) is 4.32. The normalized spacial score (nSPS) is 11.4. The first kappa shape index (κ1) is 11.9. The second-order valence-corrected chi connectivity index (χ2v) is 4.97. The summed E-state index contributed by atoms with van der Waals surface area (Å²) in [4.78, 5) is 0. The van der Waals surface area contributed by atoms with Gasteiger partial charge in [-0.1, -0.05) is 6.07 Å². The average molecular weight is 233 g/mol. The predicted molar refractivity (Wildman–Crippen MR) is 55.6 cm³/mol. The Balaban J connectivity index is 2.90. The van der Waals surface area contributed by atoms with Crippen LogP contribution < -0.4 is 4.72 Å². The maximum absolute atomic E-state index is 13.2. The molecule has 2 N–H and O–H groups in total. The summed E-state index contributed by atoms with van der Waals surface area (Å²) in [6.45, 7) is 1.21. The molecule has 1 aromatic carbocycles. The maximum Gasteiger partial charge on any atom is 0.235 e. The lowest BCUT2D eigenvalue weighted by atomic mass is 10.2. The fourth-order valence-corrected chi connectivity index (χ4v) is 1.88. The molecule has 6 heteroatoms. The summed E-state index contributed by atoms with van der Waals surface area (Å²) in [6.07, 6.45) is 0. The molecule has 0 saturated heterocycles. The van der Waals surface area contributed by atoms with Gasteiger partial charge in [0.15, 0.2) is 0 Å². The van der Waals surface area contributed by atoms with Gasteiger partial charge in [-0.05, 0) is 24.6 Å². The molecule has 0 aliphatic heterocycles. The van der Waals surface area contributed by atoms with E-state index in [9.17, 15) is 12.8 Å². The van der Waals surface area contributed by atoms with Crippen LogP contribution in [-0.4, -0.2) is 25.9 Å². The summed E-state index contributed by atoms with van der Waals surface area (Å²) >= 11 is 0. The van der Waals surface area contributed by atoms with Crippen molar-refractivity contribution in [3.8, 4) is 0 Å². The predicted octanol–water partition coefficient (Wildman–Crippen LogP) is 0.868. The smallest absolute Gasteiger partial charge is 0.235 e. The second-order valence-electron chi connectivity index (χ2n) is 3.13. The van der Waals surface area contributed by atoms with Gasteiger partial charge in [-0.25, -0.2) is 12.8 Å². The zero-order valence-electron chi connectivity index (χ0n) is 8.20. The number of aliphatic hydroxyl groups is 1. The van der Waals surface area contributed by atoms with Crippen molar-refractivity contribution in [3.63, 3.8) is 0 Å². The molecular formula is C9H12FNO3S. The Labute approximate surface area is 87.8 Å². The molecule has 4 nitrogen and oxygen atoms in total. The number of nitrogens with one attached hydrogen (secondary N) is 1. The van der Waals surface area contributed by atoms with Crippen LogP contribution in [0.25, 0.3) is 0 Å². The highest BCUT2D eigenvalue weighted by Crippen LogP contribution is 2.16. The largest absolute Gasteiger partial charge is 0.395 e. The quantitative estimate of drug-likeness (QED) is 0.810. The van der Waals surface area contributed by atoms with Gasteiger partial charge in [0.1, 0.15) is 5.82 Å². The maximum atomic E-state index is 13.2. The molecule has 84 valence electrons. The average Bonchev–Trinajstić information content (AvgIpc) is 2.09. The molecular weight excluding hydrogens is 221 g/mol. The van der Waals surface area contributed by atoms with Crippen LogP contribution in [0.15, 0.2) is 18.2 Å². The first-order chi connectivity index (χ1) is 6.94. The van der Waals surface area contributed by atoms with Crippen LogP contribution in [0.5, 0.6) is 0 Å². The van der Waals surface area contributed by atoms with E-state index in [0.717, 1.165) is 0 Å². The van der Waals surface area contributed by atoms with Gasteiger partial charge in [0.25, 0.3) is 0 Å². The molecule has 0 fully saturated rings. The van der Waals surface area contributed by atoms with Crippen LogP contribution in [-0.2, 0) is 10.0 Å². The Bertz CT molecular complexity index is 445. The molecule has 0 aliphatic carbocycles. The highest BCUT2D eigenvalue weighted by atomic mass is 32.2. The molecule has 1 aromatic rings. The minimum absolute atomic E-state index is 0.103. The van der Waals surface area contributed by atoms with E-state index in [1.54, 1.807) is 13.0 Å². The number of aliphatic hydroxyl groups excluding tert-OH is 1. The van der Waals surface area contributed by atoms with Crippen molar-refractivity contribution >= 4 is 15.7 Å². The highest BCUT2D eigenvalue weighted by Gasteiger charge is 2.12. The van der Waals surface area contributed by atoms with Crippen molar-refractivity contribution in [1.82, 2.24) is 0 Å². The van der Waals surface area contributed by atoms with Crippen LogP contribution in [0, 0.1) is 12.7 Å². The van der Waals surface area contributed by atoms with E-state index in [-0.39, 0.29) is 5.69 Å². The molecule has 0 radical (unpaired) electrons. The van der Waals surface area contributed by atoms with Crippen molar-refractivity contribution in [3.05, 3.63) is 29.6 Å². The number of hydrogen-bond donors (Lipinski definition) is 2. The molecule has 0 amide bonds. The summed E-state index contributed by atoms with van der Waals surface area (Å²) in [6, 6.07) is 4.18. The van der Waals surface area contributed by atoms with E-state index in [4.69, 9.17) is 5.11 Å². The van der Waals surface area contributed by atoms with Crippen LogP contribution in [0.3, 0.4) is 0 Å². The lowest BCUT2D eigenvalue weighted by molar-refractivity contribution is 0.320. The molecule has 0 spiro atoms. The van der Waals surface area contributed by atoms with Crippen molar-refractivity contribution in [1.29, 1.82) is 0 Å². The van der Waals surface area contributed by atoms with Crippen molar-refractivity contribution in [2.45, 2.75) is 6.92 Å². The molecule has 0 atom stereocenters. The molecule has 0 aliphatic rings. The monoisotopic (exact) mass is 233 g/mol. The van der Waals surface area contributed by atoms with Crippen LogP contribution in [0.4, 0.5) is 10.1 Å². The Morgan fingerprint density at radius 2 is 2.13 bits per heavy atom. The van der Waals surface area contributed by atoms with Gasteiger partial charge in [-0.2, -0.15) is 0 Å². The lowest BCUT2D eigenvalue weighted by Gasteiger charge is -2.07. The van der Waals surface area contributed by atoms with Gasteiger partial charge in [0, 0.05) is 0 Å². The Kier molecular flexibility index (Phi) is 3.65. The van der Waals surface area contributed by atoms with Crippen LogP contribution in [0.2, 0.25) is 0 Å². The van der Waals surface area contributed by atoms with Crippen molar-refractivity contribution < 1.29 is 17.9 Å². The van der Waals surface area contributed by atoms with Gasteiger partial charge in [-0.3, -0.25) is 4.72 Å². The first-order valence-corrected chi connectivity index (χ1v) is 5.97. The van der Waals surface area contributed by atoms with Gasteiger partial charge >= 0.3 is 0 Å². The number of benzene rings is 1. The number of rotatable bonds is 4. The molecule has 1 rings (SSSR count). The second kappa shape index (κ2) is 4.59. The third-order valence-electron chi connectivity index (χ3n) is 1.75. The number of sulfonamides is 1. The fourth-order valence-electron chi connectivity index (χ4n) is 1.04. The zero-order valence-corrected chi connectivity index (χ0v) is 9.01. The standard InChI is InChI=1S/C9H12FNO3S/c1-7-2-3-9(8(10)6-7)11-15(13,14)5-4-12/h2-3,6,11-12H,4-5H2,1H3. The van der Waals surface area contributed by atoms with Crippen LogP contribution in [0.1, 0.15) is 5.56 Å². The fraction of sp³-hybridized carbons (Fsp3) is 0.333. The van der Waals surface area contributed by atoms with Gasteiger partial charge in [0.2, 0.25) is 10.0 Å². The minimum Gasteiger partial charge on any atom is -0.395 e. The van der Waals surface area contributed by atoms with E-state index >= 15 is 0 Å². The molecule has 15 heavy (non-hydrogen) atoms. The molecule has 0 bridgehead atoms. The Morgan fingerprint density at radius 3 is 2.67 bits per heavy atom. The Hall–Kier alpha value is -1.14. The van der Waals surface area contributed by atoms with Gasteiger partial charge in [-0.15, -0.1) is 0 Å². The molecule has 0 heterocycles. The number of anilines is 1. The van der Waals surface area contributed by atoms with E-state index in [2.05, 4.69) is 4.72 Å². The topological polar surface area (TPSA) is 66.4 Å². The number of hydrogen-bond acceptors (Lipinski definition) is 3. The third-order valence-corrected chi connectivity index (χ3v) is 3.00. The van der Waals surface area contributed by atoms with E-state index in [1.165, 1.54) is 12.1 Å². The Morgan fingerprint density at radius 1 is 1.47 bits per heavy atom. The summed E-state index contributed by atoms with van der Waals surface area (Å²) in [7, 11) is -3.66. The summed E-state index contributed by atoms with van der Waals surface area (Å²) < 4.78 is 37.7. The molecule has 0 aromatic heterocycles. The number of aryl methyl sites for hydroxylation is 1. The summed E-state index contributed by atoms with van der Waals surface area (Å²) in [5.74, 6) is -1.07. The SMILES string of the molecule is Cc1ccc(NS(=O)(=O)CCO)c(F)c1. The van der Waals surface area contributed by atoms with Crippen LogP contribution >= 0.6 is 0 Å². The summed E-state index contributed by atoms with van der Waals surface area (Å²) in [5.41, 5.74) is 0.603. The van der Waals surface area contributed by atoms with E-state index in [0.29, 0.717) is 5.56 Å². The highest BCUT2D eigenvalue weighted by molar-refractivity contribution is 7.92. The van der Waals surface area contributed by atoms with Crippen molar-refractivity contribution in [2.75, 3.05) is 17.1 Å². The molecule has 0 saturated carbocycles. The summed E-state index contributed by atoms with van der Waals surface area (Å²) in [5, 5.41) is 8.48. The zero-order chi connectivity index (χ0) is 11.5. The molecule has 0 unspecified atom stereocenters. The van der Waals surface area contributed by atoms with Gasteiger partial charge < -0.3 is 5.11 Å². The lowest BCUT2D eigenvalue weighted by Crippen LogP contribution is -2.19. The minimum atomic E-state index is -3.66. The number of halogens is 1.